The molecule has 0 saturated heterocycles. The molecule has 0 radical (unpaired) electrons. The standard InChI is InChI=1S/C19H32O2/c1-4-18(11-5-6-15(18)2)21-19(17-7-8-17)12-9-16(10-13-19)14-20-3/h5,11,15-17H,4,6-10,12-14H2,1-3H3. The summed E-state index contributed by atoms with van der Waals surface area (Å²) in [5, 5.41) is 0. The van der Waals surface area contributed by atoms with E-state index in [1.54, 1.807) is 0 Å². The molecule has 0 aromatic heterocycles. The Labute approximate surface area is 130 Å². The summed E-state index contributed by atoms with van der Waals surface area (Å²) in [5.74, 6) is 2.21. The van der Waals surface area contributed by atoms with Gasteiger partial charge in [0.2, 0.25) is 0 Å². The molecule has 0 N–H and O–H groups in total. The van der Waals surface area contributed by atoms with Crippen LogP contribution in [0, 0.1) is 17.8 Å². The first-order chi connectivity index (χ1) is 10.1. The Hall–Kier alpha value is -0.340. The molecular weight excluding hydrogens is 260 g/mol. The SMILES string of the molecule is CCC1(OC2(C3CC3)CCC(COC)CC2)C=CCC1C. The molecule has 3 aliphatic carbocycles. The van der Waals surface area contributed by atoms with E-state index in [4.69, 9.17) is 9.47 Å². The van der Waals surface area contributed by atoms with Crippen molar-refractivity contribution in [2.75, 3.05) is 13.7 Å². The third kappa shape index (κ3) is 2.94. The third-order valence-corrected chi connectivity index (χ3v) is 6.34. The van der Waals surface area contributed by atoms with Gasteiger partial charge in [-0.1, -0.05) is 26.0 Å². The van der Waals surface area contributed by atoms with Gasteiger partial charge in [0.15, 0.2) is 0 Å². The maximum absolute atomic E-state index is 7.01. The molecule has 2 atom stereocenters. The molecule has 120 valence electrons. The largest absolute Gasteiger partial charge is 0.384 e. The quantitative estimate of drug-likeness (QED) is 0.659. The Kier molecular flexibility index (Phi) is 4.47. The summed E-state index contributed by atoms with van der Waals surface area (Å²) < 4.78 is 12.4. The predicted octanol–water partition coefficient (Wildman–Crippen LogP) is 4.73. The smallest absolute Gasteiger partial charge is 0.0895 e. The van der Waals surface area contributed by atoms with Crippen molar-refractivity contribution in [1.29, 1.82) is 0 Å². The van der Waals surface area contributed by atoms with Crippen LogP contribution in [0.2, 0.25) is 0 Å². The molecule has 2 nitrogen and oxygen atoms in total. The molecular formula is C19H32O2. The third-order valence-electron chi connectivity index (χ3n) is 6.34. The van der Waals surface area contributed by atoms with Crippen molar-refractivity contribution in [2.45, 2.75) is 76.4 Å². The van der Waals surface area contributed by atoms with Crippen LogP contribution in [-0.2, 0) is 9.47 Å². The summed E-state index contributed by atoms with van der Waals surface area (Å²) in [6, 6.07) is 0. The lowest BCUT2D eigenvalue weighted by Crippen LogP contribution is -2.49. The second kappa shape index (κ2) is 6.04. The van der Waals surface area contributed by atoms with Gasteiger partial charge in [-0.15, -0.1) is 0 Å². The molecule has 21 heavy (non-hydrogen) atoms. The normalized spacial score (nSPS) is 43.4. The minimum atomic E-state index is 0.0106. The van der Waals surface area contributed by atoms with E-state index in [2.05, 4.69) is 26.0 Å². The summed E-state index contributed by atoms with van der Waals surface area (Å²) >= 11 is 0. The van der Waals surface area contributed by atoms with E-state index in [0.29, 0.717) is 5.92 Å². The molecule has 2 fully saturated rings. The van der Waals surface area contributed by atoms with Crippen LogP contribution < -0.4 is 0 Å². The van der Waals surface area contributed by atoms with E-state index in [0.717, 1.165) is 24.9 Å². The van der Waals surface area contributed by atoms with Crippen LogP contribution in [0.4, 0.5) is 0 Å². The maximum Gasteiger partial charge on any atom is 0.0895 e. The minimum Gasteiger partial charge on any atom is -0.384 e. The van der Waals surface area contributed by atoms with Crippen molar-refractivity contribution in [3.63, 3.8) is 0 Å². The molecule has 0 bridgehead atoms. The zero-order valence-corrected chi connectivity index (χ0v) is 14.1. The Morgan fingerprint density at radius 1 is 1.14 bits per heavy atom. The van der Waals surface area contributed by atoms with Gasteiger partial charge < -0.3 is 9.47 Å². The summed E-state index contributed by atoms with van der Waals surface area (Å²) in [6.45, 7) is 5.58. The fraction of sp³-hybridized carbons (Fsp3) is 0.895. The molecule has 2 heteroatoms. The highest BCUT2D eigenvalue weighted by molar-refractivity contribution is 5.15. The number of rotatable bonds is 6. The molecule has 3 aliphatic rings. The highest BCUT2D eigenvalue weighted by atomic mass is 16.5. The Morgan fingerprint density at radius 2 is 1.86 bits per heavy atom. The topological polar surface area (TPSA) is 18.5 Å². The van der Waals surface area contributed by atoms with Gasteiger partial charge in [-0.3, -0.25) is 0 Å². The van der Waals surface area contributed by atoms with Crippen molar-refractivity contribution in [3.05, 3.63) is 12.2 Å². The van der Waals surface area contributed by atoms with Gasteiger partial charge in [0.1, 0.15) is 0 Å². The monoisotopic (exact) mass is 292 g/mol. The van der Waals surface area contributed by atoms with Gasteiger partial charge in [0, 0.05) is 13.7 Å². The van der Waals surface area contributed by atoms with Gasteiger partial charge in [-0.05, 0) is 69.1 Å². The second-order valence-corrected chi connectivity index (χ2v) is 7.69. The molecule has 0 spiro atoms. The van der Waals surface area contributed by atoms with Crippen molar-refractivity contribution in [3.8, 4) is 0 Å². The van der Waals surface area contributed by atoms with Crippen LogP contribution in [0.25, 0.3) is 0 Å². The van der Waals surface area contributed by atoms with Crippen LogP contribution in [0.15, 0.2) is 12.2 Å². The van der Waals surface area contributed by atoms with Gasteiger partial charge >= 0.3 is 0 Å². The summed E-state index contributed by atoms with van der Waals surface area (Å²) in [6.07, 6.45) is 14.8. The fourth-order valence-electron chi connectivity index (χ4n) is 4.66. The Bertz CT molecular complexity index is 377. The molecule has 0 aromatic carbocycles. The van der Waals surface area contributed by atoms with Crippen molar-refractivity contribution >= 4 is 0 Å². The van der Waals surface area contributed by atoms with E-state index in [9.17, 15) is 0 Å². The van der Waals surface area contributed by atoms with Crippen LogP contribution in [-0.4, -0.2) is 24.9 Å². The number of ether oxygens (including phenoxy) is 2. The summed E-state index contributed by atoms with van der Waals surface area (Å²) in [7, 11) is 1.83. The highest BCUT2D eigenvalue weighted by Crippen LogP contribution is 2.54. The molecule has 2 unspecified atom stereocenters. The van der Waals surface area contributed by atoms with E-state index >= 15 is 0 Å². The number of hydrogen-bond acceptors (Lipinski definition) is 2. The first kappa shape index (κ1) is 15.6. The molecule has 0 amide bonds. The highest BCUT2D eigenvalue weighted by Gasteiger charge is 2.52. The number of methoxy groups -OCH3 is 1. The molecule has 3 rings (SSSR count). The van der Waals surface area contributed by atoms with Crippen LogP contribution >= 0.6 is 0 Å². The fourth-order valence-corrected chi connectivity index (χ4v) is 4.66. The molecule has 0 aromatic rings. The first-order valence-electron chi connectivity index (χ1n) is 9.01. The molecule has 0 heterocycles. The van der Waals surface area contributed by atoms with E-state index in [1.807, 2.05) is 7.11 Å². The van der Waals surface area contributed by atoms with Crippen LogP contribution in [0.3, 0.4) is 0 Å². The predicted molar refractivity (Wildman–Crippen MR) is 86.3 cm³/mol. The summed E-state index contributed by atoms with van der Waals surface area (Å²) in [5.41, 5.74) is 0.180. The zero-order chi connectivity index (χ0) is 14.9. The maximum atomic E-state index is 7.01. The average Bonchev–Trinajstić information content (AvgIpc) is 3.29. The number of hydrogen-bond donors (Lipinski definition) is 0. The second-order valence-electron chi connectivity index (χ2n) is 7.69. The Morgan fingerprint density at radius 3 is 2.33 bits per heavy atom. The first-order valence-corrected chi connectivity index (χ1v) is 9.01. The molecule has 2 saturated carbocycles. The van der Waals surface area contributed by atoms with Crippen molar-refractivity contribution < 1.29 is 9.47 Å². The van der Waals surface area contributed by atoms with Crippen molar-refractivity contribution in [2.24, 2.45) is 17.8 Å². The summed E-state index contributed by atoms with van der Waals surface area (Å²) in [4.78, 5) is 0. The Balaban J connectivity index is 1.72. The van der Waals surface area contributed by atoms with Crippen LogP contribution in [0.1, 0.15) is 65.2 Å². The van der Waals surface area contributed by atoms with Crippen LogP contribution in [0.5, 0.6) is 0 Å². The zero-order valence-electron chi connectivity index (χ0n) is 14.1. The van der Waals surface area contributed by atoms with E-state index in [-0.39, 0.29) is 11.2 Å². The number of allylic oxidation sites excluding steroid dienone is 1. The minimum absolute atomic E-state index is 0.0106. The van der Waals surface area contributed by atoms with Crippen molar-refractivity contribution in [1.82, 2.24) is 0 Å². The molecule has 0 aliphatic heterocycles. The van der Waals surface area contributed by atoms with Gasteiger partial charge in [0.05, 0.1) is 11.2 Å². The lowest BCUT2D eigenvalue weighted by molar-refractivity contribution is -0.183. The van der Waals surface area contributed by atoms with Gasteiger partial charge in [-0.2, -0.15) is 0 Å². The van der Waals surface area contributed by atoms with E-state index in [1.165, 1.54) is 44.9 Å². The lowest BCUT2D eigenvalue weighted by atomic mass is 9.75. The average molecular weight is 292 g/mol. The van der Waals surface area contributed by atoms with Gasteiger partial charge in [-0.25, -0.2) is 0 Å². The van der Waals surface area contributed by atoms with Gasteiger partial charge in [0.25, 0.3) is 0 Å². The van der Waals surface area contributed by atoms with E-state index < -0.39 is 0 Å². The lowest BCUT2D eigenvalue weighted by Gasteiger charge is -2.47.